The minimum Gasteiger partial charge on any atom is -0.493 e. The van der Waals surface area contributed by atoms with Crippen LogP contribution in [0, 0.1) is 5.92 Å². The Bertz CT molecular complexity index is 954. The van der Waals surface area contributed by atoms with E-state index in [4.69, 9.17) is 9.57 Å². The van der Waals surface area contributed by atoms with E-state index in [9.17, 15) is 4.79 Å². The number of carbonyl (C=O) groups excluding carboxylic acids is 1. The van der Waals surface area contributed by atoms with E-state index in [0.29, 0.717) is 18.8 Å². The minimum absolute atomic E-state index is 0.103. The summed E-state index contributed by atoms with van der Waals surface area (Å²) < 4.78 is 5.96. The van der Waals surface area contributed by atoms with Crippen molar-refractivity contribution in [2.45, 2.75) is 6.04 Å². The van der Waals surface area contributed by atoms with Crippen LogP contribution in [-0.2, 0) is 4.84 Å². The monoisotopic (exact) mass is 331 g/mol. The van der Waals surface area contributed by atoms with E-state index < -0.39 is 0 Å². The summed E-state index contributed by atoms with van der Waals surface area (Å²) in [5.74, 6) is 0.885. The molecule has 2 heterocycles. The number of nitrogens with zero attached hydrogens (tertiary/aromatic N) is 1. The first kappa shape index (κ1) is 14.5. The molecule has 2 atom stereocenters. The van der Waals surface area contributed by atoms with E-state index in [0.717, 1.165) is 22.1 Å². The highest BCUT2D eigenvalue weighted by Gasteiger charge is 2.45. The molecule has 1 fully saturated rings. The molecule has 0 aromatic heterocycles. The van der Waals surface area contributed by atoms with Crippen LogP contribution >= 0.6 is 0 Å². The highest BCUT2D eigenvalue weighted by atomic mass is 16.7. The van der Waals surface area contributed by atoms with Crippen LogP contribution in [0.3, 0.4) is 0 Å². The highest BCUT2D eigenvalue weighted by molar-refractivity contribution is 5.95. The molecule has 0 bridgehead atoms. The van der Waals surface area contributed by atoms with E-state index in [2.05, 4.69) is 18.2 Å². The van der Waals surface area contributed by atoms with Crippen molar-refractivity contribution < 1.29 is 14.4 Å². The summed E-state index contributed by atoms with van der Waals surface area (Å²) in [6.45, 7) is 1.06. The van der Waals surface area contributed by atoms with Crippen LogP contribution < -0.4 is 4.74 Å². The fourth-order valence-corrected chi connectivity index (χ4v) is 3.83. The first-order valence-corrected chi connectivity index (χ1v) is 8.49. The number of rotatable bonds is 1. The van der Waals surface area contributed by atoms with Crippen LogP contribution in [-0.4, -0.2) is 24.2 Å². The molecule has 1 amide bonds. The second-order valence-corrected chi connectivity index (χ2v) is 6.51. The van der Waals surface area contributed by atoms with Gasteiger partial charge < -0.3 is 4.74 Å². The highest BCUT2D eigenvalue weighted by Crippen LogP contribution is 2.47. The zero-order valence-electron chi connectivity index (χ0n) is 13.6. The Morgan fingerprint density at radius 3 is 2.60 bits per heavy atom. The number of fused-ring (bicyclic) bond motifs is 5. The summed E-state index contributed by atoms with van der Waals surface area (Å²) in [6.07, 6.45) is 0. The number of hydroxylamine groups is 2. The van der Waals surface area contributed by atoms with Crippen LogP contribution in [0.1, 0.15) is 22.0 Å². The Morgan fingerprint density at radius 1 is 0.920 bits per heavy atom. The Balaban J connectivity index is 1.65. The fraction of sp³-hybridized carbons (Fsp3) is 0.190. The summed E-state index contributed by atoms with van der Waals surface area (Å²) >= 11 is 0. The maximum atomic E-state index is 13.0. The van der Waals surface area contributed by atoms with Gasteiger partial charge in [0, 0.05) is 17.0 Å². The van der Waals surface area contributed by atoms with E-state index in [-0.39, 0.29) is 17.9 Å². The number of ether oxygens (including phenoxy) is 1. The van der Waals surface area contributed by atoms with Gasteiger partial charge in [0.2, 0.25) is 0 Å². The lowest BCUT2D eigenvalue weighted by atomic mass is 9.88. The average Bonchev–Trinajstić information content (AvgIpc) is 3.12. The topological polar surface area (TPSA) is 38.8 Å². The smallest absolute Gasteiger partial charge is 0.278 e. The number of benzene rings is 3. The Morgan fingerprint density at radius 2 is 1.72 bits per heavy atom. The van der Waals surface area contributed by atoms with Crippen molar-refractivity contribution in [3.05, 3.63) is 77.9 Å². The third kappa shape index (κ3) is 2.22. The van der Waals surface area contributed by atoms with Crippen LogP contribution in [0.2, 0.25) is 0 Å². The molecule has 0 radical (unpaired) electrons. The van der Waals surface area contributed by atoms with Crippen LogP contribution in [0.25, 0.3) is 10.8 Å². The molecular formula is C21H17NO3. The lowest BCUT2D eigenvalue weighted by Gasteiger charge is -2.32. The molecule has 0 spiro atoms. The molecule has 5 rings (SSSR count). The molecule has 0 saturated carbocycles. The number of amides is 1. The maximum absolute atomic E-state index is 13.0. The molecule has 1 saturated heterocycles. The first-order valence-electron chi connectivity index (χ1n) is 8.49. The zero-order chi connectivity index (χ0) is 16.8. The molecule has 3 aromatic carbocycles. The number of carbonyl (C=O) groups is 1. The summed E-state index contributed by atoms with van der Waals surface area (Å²) in [7, 11) is 0. The van der Waals surface area contributed by atoms with Crippen molar-refractivity contribution in [1.82, 2.24) is 5.06 Å². The minimum atomic E-state index is -0.123. The summed E-state index contributed by atoms with van der Waals surface area (Å²) in [5.41, 5.74) is 1.69. The maximum Gasteiger partial charge on any atom is 0.278 e. The van der Waals surface area contributed by atoms with Gasteiger partial charge in [-0.15, -0.1) is 0 Å². The molecule has 0 N–H and O–H groups in total. The summed E-state index contributed by atoms with van der Waals surface area (Å²) in [6, 6.07) is 21.4. The Kier molecular flexibility index (Phi) is 3.25. The lowest BCUT2D eigenvalue weighted by molar-refractivity contribution is -0.0965. The summed E-state index contributed by atoms with van der Waals surface area (Å²) in [4.78, 5) is 18.8. The van der Waals surface area contributed by atoms with Gasteiger partial charge in [0.1, 0.15) is 5.75 Å². The fourth-order valence-electron chi connectivity index (χ4n) is 3.83. The zero-order valence-corrected chi connectivity index (χ0v) is 13.6. The van der Waals surface area contributed by atoms with Gasteiger partial charge in [-0.05, 0) is 29.0 Å². The Labute approximate surface area is 145 Å². The van der Waals surface area contributed by atoms with Gasteiger partial charge in [0.05, 0.1) is 19.3 Å². The SMILES string of the molecule is O=C(c1ccccc1)N1OC[C@@H]2COc3ccc4ccccc4c3[C@@H]21. The predicted molar refractivity (Wildman–Crippen MR) is 94.2 cm³/mol. The second-order valence-electron chi connectivity index (χ2n) is 6.51. The second kappa shape index (κ2) is 5.60. The third-order valence-electron chi connectivity index (χ3n) is 5.03. The number of hydrogen-bond acceptors (Lipinski definition) is 3. The molecule has 0 aliphatic carbocycles. The van der Waals surface area contributed by atoms with E-state index in [1.165, 1.54) is 0 Å². The molecule has 124 valence electrons. The van der Waals surface area contributed by atoms with Gasteiger partial charge in [0.15, 0.2) is 0 Å². The van der Waals surface area contributed by atoms with Crippen molar-refractivity contribution in [1.29, 1.82) is 0 Å². The quantitative estimate of drug-likeness (QED) is 0.677. The van der Waals surface area contributed by atoms with Gasteiger partial charge in [-0.3, -0.25) is 9.63 Å². The predicted octanol–water partition coefficient (Wildman–Crippen LogP) is 3.98. The summed E-state index contributed by atoms with van der Waals surface area (Å²) in [5, 5.41) is 3.81. The van der Waals surface area contributed by atoms with Gasteiger partial charge in [-0.2, -0.15) is 0 Å². The van der Waals surface area contributed by atoms with Crippen LogP contribution in [0.4, 0.5) is 0 Å². The van der Waals surface area contributed by atoms with Gasteiger partial charge in [-0.1, -0.05) is 48.5 Å². The molecule has 4 nitrogen and oxygen atoms in total. The molecule has 3 aromatic rings. The Hall–Kier alpha value is -2.85. The first-order chi connectivity index (χ1) is 12.3. The van der Waals surface area contributed by atoms with Gasteiger partial charge >= 0.3 is 0 Å². The van der Waals surface area contributed by atoms with Crippen molar-refractivity contribution in [3.8, 4) is 5.75 Å². The van der Waals surface area contributed by atoms with E-state index in [1.807, 2.05) is 48.5 Å². The van der Waals surface area contributed by atoms with Gasteiger partial charge in [-0.25, -0.2) is 5.06 Å². The molecule has 25 heavy (non-hydrogen) atoms. The third-order valence-corrected chi connectivity index (χ3v) is 5.03. The average molecular weight is 331 g/mol. The molecule has 2 aliphatic heterocycles. The lowest BCUT2D eigenvalue weighted by Crippen LogP contribution is -2.35. The molecule has 4 heteroatoms. The number of hydrogen-bond donors (Lipinski definition) is 0. The van der Waals surface area contributed by atoms with E-state index >= 15 is 0 Å². The van der Waals surface area contributed by atoms with Crippen molar-refractivity contribution in [2.75, 3.05) is 13.2 Å². The largest absolute Gasteiger partial charge is 0.493 e. The van der Waals surface area contributed by atoms with Crippen molar-refractivity contribution in [3.63, 3.8) is 0 Å². The molecular weight excluding hydrogens is 314 g/mol. The van der Waals surface area contributed by atoms with Crippen LogP contribution in [0.5, 0.6) is 5.75 Å². The standard InChI is InChI=1S/C21H17NO3/c23-21(15-7-2-1-3-8-15)22-20-16(13-25-22)12-24-18-11-10-14-6-4-5-9-17(14)19(18)20/h1-11,16,20H,12-13H2/t16-,20+/m0/s1. The van der Waals surface area contributed by atoms with Crippen LogP contribution in [0.15, 0.2) is 66.7 Å². The van der Waals surface area contributed by atoms with E-state index in [1.54, 1.807) is 5.06 Å². The normalized spacial score (nSPS) is 21.5. The molecule has 0 unspecified atom stereocenters. The molecule has 2 aliphatic rings. The van der Waals surface area contributed by atoms with Crippen molar-refractivity contribution in [2.24, 2.45) is 5.92 Å². The van der Waals surface area contributed by atoms with Crippen molar-refractivity contribution >= 4 is 16.7 Å². The van der Waals surface area contributed by atoms with Gasteiger partial charge in [0.25, 0.3) is 5.91 Å².